The summed E-state index contributed by atoms with van der Waals surface area (Å²) in [7, 11) is 0. The van der Waals surface area contributed by atoms with Crippen LogP contribution in [-0.4, -0.2) is 17.6 Å². The largest absolute Gasteiger partial charge is 0.508 e. The quantitative estimate of drug-likeness (QED) is 0.525. The van der Waals surface area contributed by atoms with E-state index in [1.807, 2.05) is 6.92 Å². The summed E-state index contributed by atoms with van der Waals surface area (Å²) < 4.78 is 0. The van der Waals surface area contributed by atoms with Gasteiger partial charge in [0.25, 0.3) is 0 Å². The minimum atomic E-state index is -0.0118. The number of amides is 1. The Hall–Kier alpha value is -1.55. The molecule has 0 bridgehead atoms. The molecule has 4 nitrogen and oxygen atoms in total. The summed E-state index contributed by atoms with van der Waals surface area (Å²) in [5.41, 5.74) is 6.95. The fourth-order valence-electron chi connectivity index (χ4n) is 1.43. The van der Waals surface area contributed by atoms with E-state index < -0.39 is 0 Å². The molecule has 0 atom stereocenters. The van der Waals surface area contributed by atoms with Crippen molar-refractivity contribution in [2.24, 2.45) is 5.73 Å². The number of phenols is 1. The maximum absolute atomic E-state index is 11.5. The molecule has 0 radical (unpaired) electrons. The number of nitrogens with two attached hydrogens (primary N) is 1. The van der Waals surface area contributed by atoms with Crippen LogP contribution in [0.5, 0.6) is 5.75 Å². The Morgan fingerprint density at radius 2 is 2.19 bits per heavy atom. The highest BCUT2D eigenvalue weighted by Gasteiger charge is 2.04. The number of rotatable bonds is 5. The highest BCUT2D eigenvalue weighted by atomic mass is 16.3. The Bertz CT molecular complexity index is 364. The minimum Gasteiger partial charge on any atom is -0.508 e. The average Bonchev–Trinajstić information content (AvgIpc) is 2.23. The van der Waals surface area contributed by atoms with E-state index in [1.165, 1.54) is 0 Å². The Labute approximate surface area is 95.5 Å². The number of unbranched alkanes of at least 4 members (excludes halogenated alkanes) is 1. The molecule has 0 aliphatic rings. The van der Waals surface area contributed by atoms with Crippen LogP contribution in [0.1, 0.15) is 24.8 Å². The lowest BCUT2D eigenvalue weighted by atomic mass is 10.1. The first-order chi connectivity index (χ1) is 7.63. The van der Waals surface area contributed by atoms with E-state index in [4.69, 9.17) is 5.73 Å². The van der Waals surface area contributed by atoms with E-state index in [-0.39, 0.29) is 11.7 Å². The maximum atomic E-state index is 11.5. The number of hydrogen-bond acceptors (Lipinski definition) is 3. The topological polar surface area (TPSA) is 75.3 Å². The third kappa shape index (κ3) is 3.90. The monoisotopic (exact) mass is 222 g/mol. The van der Waals surface area contributed by atoms with Crippen molar-refractivity contribution >= 4 is 11.6 Å². The van der Waals surface area contributed by atoms with Crippen LogP contribution < -0.4 is 11.1 Å². The molecule has 0 aliphatic carbocycles. The molecular formula is C12H18N2O2. The molecule has 0 saturated carbocycles. The SMILES string of the molecule is Cc1cc(O)ccc1NC(=O)CCCCN. The van der Waals surface area contributed by atoms with Gasteiger partial charge in [0.15, 0.2) is 0 Å². The third-order valence-electron chi connectivity index (χ3n) is 2.34. The molecule has 1 amide bonds. The van der Waals surface area contributed by atoms with Gasteiger partial charge in [-0.3, -0.25) is 4.79 Å². The van der Waals surface area contributed by atoms with Crippen LogP contribution in [0, 0.1) is 6.92 Å². The van der Waals surface area contributed by atoms with Crippen molar-refractivity contribution in [2.45, 2.75) is 26.2 Å². The molecule has 0 unspecified atom stereocenters. The van der Waals surface area contributed by atoms with E-state index in [1.54, 1.807) is 18.2 Å². The summed E-state index contributed by atoms with van der Waals surface area (Å²) in [6.45, 7) is 2.46. The molecule has 0 aromatic heterocycles. The Morgan fingerprint density at radius 3 is 2.81 bits per heavy atom. The van der Waals surface area contributed by atoms with E-state index in [0.29, 0.717) is 13.0 Å². The number of benzene rings is 1. The second kappa shape index (κ2) is 6.12. The fourth-order valence-corrected chi connectivity index (χ4v) is 1.43. The van der Waals surface area contributed by atoms with Crippen molar-refractivity contribution in [3.8, 4) is 5.75 Å². The van der Waals surface area contributed by atoms with Gasteiger partial charge in [-0.1, -0.05) is 0 Å². The number of phenolic OH excluding ortho intramolecular Hbond substituents is 1. The first kappa shape index (κ1) is 12.5. The standard InChI is InChI=1S/C12H18N2O2/c1-9-8-10(15)5-6-11(9)14-12(16)4-2-3-7-13/h5-6,8,15H,2-4,7,13H2,1H3,(H,14,16). The number of carbonyl (C=O) groups is 1. The summed E-state index contributed by atoms with van der Waals surface area (Å²) in [5.74, 6) is 0.195. The zero-order valence-electron chi connectivity index (χ0n) is 9.49. The van der Waals surface area contributed by atoms with Crippen LogP contribution in [0.4, 0.5) is 5.69 Å². The van der Waals surface area contributed by atoms with Crippen LogP contribution in [0.25, 0.3) is 0 Å². The Kier molecular flexibility index (Phi) is 4.79. The highest BCUT2D eigenvalue weighted by molar-refractivity contribution is 5.91. The van der Waals surface area contributed by atoms with E-state index in [9.17, 15) is 9.90 Å². The summed E-state index contributed by atoms with van der Waals surface area (Å²) in [6.07, 6.45) is 2.15. The lowest BCUT2D eigenvalue weighted by Gasteiger charge is -2.08. The van der Waals surface area contributed by atoms with Gasteiger partial charge >= 0.3 is 0 Å². The number of nitrogens with one attached hydrogen (secondary N) is 1. The smallest absolute Gasteiger partial charge is 0.224 e. The summed E-state index contributed by atoms with van der Waals surface area (Å²) in [5, 5.41) is 12.0. The lowest BCUT2D eigenvalue weighted by molar-refractivity contribution is -0.116. The van der Waals surface area contributed by atoms with Gasteiger partial charge in [0.1, 0.15) is 5.75 Å². The first-order valence-corrected chi connectivity index (χ1v) is 5.43. The molecule has 16 heavy (non-hydrogen) atoms. The van der Waals surface area contributed by atoms with Gasteiger partial charge in [-0.05, 0) is 50.1 Å². The summed E-state index contributed by atoms with van der Waals surface area (Å²) >= 11 is 0. The normalized spacial score (nSPS) is 10.1. The maximum Gasteiger partial charge on any atom is 0.224 e. The van der Waals surface area contributed by atoms with E-state index >= 15 is 0 Å². The molecule has 0 aliphatic heterocycles. The number of aromatic hydroxyl groups is 1. The minimum absolute atomic E-state index is 0.0118. The molecule has 1 aromatic rings. The van der Waals surface area contributed by atoms with Crippen LogP contribution in [0.2, 0.25) is 0 Å². The van der Waals surface area contributed by atoms with Gasteiger partial charge < -0.3 is 16.2 Å². The van der Waals surface area contributed by atoms with Crippen molar-refractivity contribution in [3.63, 3.8) is 0 Å². The van der Waals surface area contributed by atoms with Crippen molar-refractivity contribution in [1.29, 1.82) is 0 Å². The van der Waals surface area contributed by atoms with Gasteiger partial charge in [-0.15, -0.1) is 0 Å². The molecule has 1 aromatic carbocycles. The summed E-state index contributed by atoms with van der Waals surface area (Å²) in [6, 6.07) is 4.88. The van der Waals surface area contributed by atoms with E-state index in [2.05, 4.69) is 5.32 Å². The zero-order valence-corrected chi connectivity index (χ0v) is 9.49. The predicted molar refractivity (Wildman–Crippen MR) is 64.4 cm³/mol. The number of carbonyl (C=O) groups excluding carboxylic acids is 1. The number of anilines is 1. The predicted octanol–water partition coefficient (Wildman–Crippen LogP) is 1.77. The van der Waals surface area contributed by atoms with Crippen molar-refractivity contribution in [2.75, 3.05) is 11.9 Å². The second-order valence-electron chi connectivity index (χ2n) is 3.79. The van der Waals surface area contributed by atoms with E-state index in [0.717, 1.165) is 24.1 Å². The average molecular weight is 222 g/mol. The fraction of sp³-hybridized carbons (Fsp3) is 0.417. The molecule has 0 spiro atoms. The third-order valence-corrected chi connectivity index (χ3v) is 2.34. The first-order valence-electron chi connectivity index (χ1n) is 5.43. The number of aryl methyl sites for hydroxylation is 1. The van der Waals surface area contributed by atoms with Crippen LogP contribution >= 0.6 is 0 Å². The van der Waals surface area contributed by atoms with Crippen molar-refractivity contribution < 1.29 is 9.90 Å². The van der Waals surface area contributed by atoms with Gasteiger partial charge in [-0.25, -0.2) is 0 Å². The van der Waals surface area contributed by atoms with Crippen LogP contribution in [0.3, 0.4) is 0 Å². The molecule has 1 rings (SSSR count). The molecule has 0 saturated heterocycles. The number of hydrogen-bond donors (Lipinski definition) is 3. The van der Waals surface area contributed by atoms with Crippen molar-refractivity contribution in [3.05, 3.63) is 23.8 Å². The van der Waals surface area contributed by atoms with Gasteiger partial charge in [0.2, 0.25) is 5.91 Å². The molecule has 0 heterocycles. The molecule has 0 fully saturated rings. The lowest BCUT2D eigenvalue weighted by Crippen LogP contribution is -2.12. The van der Waals surface area contributed by atoms with Crippen LogP contribution in [-0.2, 0) is 4.79 Å². The Morgan fingerprint density at radius 1 is 1.44 bits per heavy atom. The zero-order chi connectivity index (χ0) is 12.0. The molecular weight excluding hydrogens is 204 g/mol. The Balaban J connectivity index is 2.49. The van der Waals surface area contributed by atoms with Gasteiger partial charge in [0, 0.05) is 12.1 Å². The molecule has 88 valence electrons. The molecule has 4 N–H and O–H groups in total. The van der Waals surface area contributed by atoms with Crippen molar-refractivity contribution in [1.82, 2.24) is 0 Å². The second-order valence-corrected chi connectivity index (χ2v) is 3.79. The highest BCUT2D eigenvalue weighted by Crippen LogP contribution is 2.20. The van der Waals surface area contributed by atoms with Gasteiger partial charge in [0.05, 0.1) is 0 Å². The molecule has 4 heteroatoms. The summed E-state index contributed by atoms with van der Waals surface area (Å²) in [4.78, 5) is 11.5. The van der Waals surface area contributed by atoms with Gasteiger partial charge in [-0.2, -0.15) is 0 Å². The van der Waals surface area contributed by atoms with Crippen LogP contribution in [0.15, 0.2) is 18.2 Å².